The number of ether oxygens (including phenoxy) is 1. The summed E-state index contributed by atoms with van der Waals surface area (Å²) in [7, 11) is 0. The molecule has 1 saturated heterocycles. The second kappa shape index (κ2) is 8.06. The first-order valence-corrected chi connectivity index (χ1v) is 9.56. The van der Waals surface area contributed by atoms with E-state index >= 15 is 0 Å². The summed E-state index contributed by atoms with van der Waals surface area (Å²) in [6.07, 6.45) is 5.15. The zero-order chi connectivity index (χ0) is 16.1. The van der Waals surface area contributed by atoms with Gasteiger partial charge in [-0.1, -0.05) is 12.8 Å². The number of carbonyl (C=O) groups is 1. The Balaban J connectivity index is 1.51. The van der Waals surface area contributed by atoms with Crippen molar-refractivity contribution >= 4 is 29.0 Å². The summed E-state index contributed by atoms with van der Waals surface area (Å²) >= 11 is 1.83. The zero-order valence-electron chi connectivity index (χ0n) is 13.8. The van der Waals surface area contributed by atoms with Crippen LogP contribution < -0.4 is 10.2 Å². The summed E-state index contributed by atoms with van der Waals surface area (Å²) < 4.78 is 5.38. The van der Waals surface area contributed by atoms with Gasteiger partial charge in [0.15, 0.2) is 0 Å². The number of benzene rings is 1. The number of thioether (sulfide) groups is 1. The molecule has 0 radical (unpaired) electrons. The highest BCUT2D eigenvalue weighted by molar-refractivity contribution is 8.01. The third kappa shape index (κ3) is 4.64. The number of anilines is 2. The van der Waals surface area contributed by atoms with Gasteiger partial charge in [0.1, 0.15) is 0 Å². The number of nitrogens with one attached hydrogen (secondary N) is 1. The fourth-order valence-electron chi connectivity index (χ4n) is 3.20. The van der Waals surface area contributed by atoms with Gasteiger partial charge in [0.2, 0.25) is 5.91 Å². The van der Waals surface area contributed by atoms with Gasteiger partial charge in [-0.15, -0.1) is 11.8 Å². The summed E-state index contributed by atoms with van der Waals surface area (Å²) in [6, 6.07) is 8.15. The molecule has 1 aliphatic heterocycles. The van der Waals surface area contributed by atoms with Crippen LogP contribution >= 0.6 is 11.8 Å². The van der Waals surface area contributed by atoms with E-state index in [-0.39, 0.29) is 11.2 Å². The van der Waals surface area contributed by atoms with E-state index in [1.165, 1.54) is 31.4 Å². The van der Waals surface area contributed by atoms with Crippen molar-refractivity contribution in [3.8, 4) is 0 Å². The van der Waals surface area contributed by atoms with E-state index in [1.54, 1.807) is 0 Å². The predicted molar refractivity (Wildman–Crippen MR) is 97.4 cm³/mol. The average molecular weight is 334 g/mol. The van der Waals surface area contributed by atoms with Crippen LogP contribution in [-0.2, 0) is 9.53 Å². The molecule has 1 N–H and O–H groups in total. The molecule has 0 aromatic heterocycles. The molecule has 126 valence electrons. The largest absolute Gasteiger partial charge is 0.378 e. The molecule has 1 unspecified atom stereocenters. The molecule has 1 aromatic carbocycles. The van der Waals surface area contributed by atoms with E-state index < -0.39 is 0 Å². The van der Waals surface area contributed by atoms with E-state index in [4.69, 9.17) is 4.74 Å². The smallest absolute Gasteiger partial charge is 0.237 e. The average Bonchev–Trinajstić information content (AvgIpc) is 3.09. The van der Waals surface area contributed by atoms with Crippen LogP contribution in [0, 0.1) is 0 Å². The molecule has 1 atom stereocenters. The molecule has 1 amide bonds. The molecular weight excluding hydrogens is 308 g/mol. The highest BCUT2D eigenvalue weighted by Gasteiger charge is 2.22. The number of nitrogens with zero attached hydrogens (tertiary/aromatic N) is 1. The number of carbonyl (C=O) groups excluding carboxylic acids is 1. The zero-order valence-corrected chi connectivity index (χ0v) is 14.6. The molecule has 23 heavy (non-hydrogen) atoms. The quantitative estimate of drug-likeness (QED) is 0.894. The predicted octanol–water partition coefficient (Wildman–Crippen LogP) is 3.53. The van der Waals surface area contributed by atoms with Crippen LogP contribution in [0.2, 0.25) is 0 Å². The molecule has 1 aliphatic carbocycles. The minimum absolute atomic E-state index is 0.0111. The maximum atomic E-state index is 12.3. The SMILES string of the molecule is CC(SC1CCCC1)C(=O)Nc1ccc(N2CCOCC2)cc1. The molecule has 0 bridgehead atoms. The maximum Gasteiger partial charge on any atom is 0.237 e. The van der Waals surface area contributed by atoms with Gasteiger partial charge < -0.3 is 15.0 Å². The van der Waals surface area contributed by atoms with Gasteiger partial charge in [-0.25, -0.2) is 0 Å². The Hall–Kier alpha value is -1.20. The lowest BCUT2D eigenvalue weighted by molar-refractivity contribution is -0.115. The molecule has 5 heteroatoms. The van der Waals surface area contributed by atoms with Gasteiger partial charge in [-0.3, -0.25) is 4.79 Å². The Bertz CT molecular complexity index is 508. The third-order valence-electron chi connectivity index (χ3n) is 4.58. The summed E-state index contributed by atoms with van der Waals surface area (Å²) in [5.41, 5.74) is 2.07. The molecule has 4 nitrogen and oxygen atoms in total. The van der Waals surface area contributed by atoms with Gasteiger partial charge in [0.25, 0.3) is 0 Å². The summed E-state index contributed by atoms with van der Waals surface area (Å²) in [5.74, 6) is 0.112. The number of hydrogen-bond donors (Lipinski definition) is 1. The lowest BCUT2D eigenvalue weighted by atomic mass is 10.2. The van der Waals surface area contributed by atoms with E-state index in [9.17, 15) is 4.79 Å². The fourth-order valence-corrected chi connectivity index (χ4v) is 4.56. The Morgan fingerprint density at radius 3 is 2.52 bits per heavy atom. The van der Waals surface area contributed by atoms with E-state index in [2.05, 4.69) is 22.3 Å². The second-order valence-electron chi connectivity index (χ2n) is 6.32. The number of rotatable bonds is 5. The molecular formula is C18H26N2O2S. The van der Waals surface area contributed by atoms with Crippen LogP contribution in [0.1, 0.15) is 32.6 Å². The van der Waals surface area contributed by atoms with Crippen LogP contribution in [0.15, 0.2) is 24.3 Å². The lowest BCUT2D eigenvalue weighted by Gasteiger charge is -2.29. The summed E-state index contributed by atoms with van der Waals surface area (Å²) in [4.78, 5) is 14.6. The third-order valence-corrected chi connectivity index (χ3v) is 6.06. The van der Waals surface area contributed by atoms with Crippen molar-refractivity contribution in [1.82, 2.24) is 0 Å². The van der Waals surface area contributed by atoms with Crippen molar-refractivity contribution in [3.63, 3.8) is 0 Å². The molecule has 1 aromatic rings. The van der Waals surface area contributed by atoms with Crippen molar-refractivity contribution in [2.24, 2.45) is 0 Å². The van der Waals surface area contributed by atoms with Gasteiger partial charge in [0.05, 0.1) is 18.5 Å². The van der Waals surface area contributed by atoms with E-state index in [1.807, 2.05) is 30.8 Å². The maximum absolute atomic E-state index is 12.3. The Morgan fingerprint density at radius 2 is 1.87 bits per heavy atom. The molecule has 3 rings (SSSR count). The Kier molecular flexibility index (Phi) is 5.84. The second-order valence-corrected chi connectivity index (χ2v) is 7.97. The van der Waals surface area contributed by atoms with Crippen molar-refractivity contribution in [3.05, 3.63) is 24.3 Å². The van der Waals surface area contributed by atoms with E-state index in [0.717, 1.165) is 32.0 Å². The Morgan fingerprint density at radius 1 is 1.22 bits per heavy atom. The standard InChI is InChI=1S/C18H26N2O2S/c1-14(23-17-4-2-3-5-17)18(21)19-15-6-8-16(9-7-15)20-10-12-22-13-11-20/h6-9,14,17H,2-5,10-13H2,1H3,(H,19,21). The lowest BCUT2D eigenvalue weighted by Crippen LogP contribution is -2.36. The molecule has 0 spiro atoms. The molecule has 2 aliphatic rings. The number of amides is 1. The first-order chi connectivity index (χ1) is 11.2. The van der Waals surface area contributed by atoms with Gasteiger partial charge in [-0.05, 0) is 44.0 Å². The van der Waals surface area contributed by atoms with Crippen LogP contribution in [0.25, 0.3) is 0 Å². The topological polar surface area (TPSA) is 41.6 Å². The van der Waals surface area contributed by atoms with Crippen molar-refractivity contribution in [2.45, 2.75) is 43.1 Å². The van der Waals surface area contributed by atoms with Gasteiger partial charge in [-0.2, -0.15) is 0 Å². The summed E-state index contributed by atoms with van der Waals surface area (Å²) in [5, 5.41) is 3.72. The number of hydrogen-bond acceptors (Lipinski definition) is 4. The van der Waals surface area contributed by atoms with Gasteiger partial charge >= 0.3 is 0 Å². The monoisotopic (exact) mass is 334 g/mol. The van der Waals surface area contributed by atoms with Crippen LogP contribution in [0.4, 0.5) is 11.4 Å². The number of morpholine rings is 1. The van der Waals surface area contributed by atoms with Crippen molar-refractivity contribution in [2.75, 3.05) is 36.5 Å². The molecule has 1 saturated carbocycles. The van der Waals surface area contributed by atoms with Crippen molar-refractivity contribution in [1.29, 1.82) is 0 Å². The van der Waals surface area contributed by atoms with Gasteiger partial charge in [0, 0.05) is 29.7 Å². The molecule has 1 heterocycles. The minimum Gasteiger partial charge on any atom is -0.378 e. The highest BCUT2D eigenvalue weighted by Crippen LogP contribution is 2.32. The summed E-state index contributed by atoms with van der Waals surface area (Å²) in [6.45, 7) is 5.45. The highest BCUT2D eigenvalue weighted by atomic mass is 32.2. The van der Waals surface area contributed by atoms with E-state index in [0.29, 0.717) is 5.25 Å². The Labute approximate surface area is 143 Å². The fraction of sp³-hybridized carbons (Fsp3) is 0.611. The molecule has 2 fully saturated rings. The first kappa shape index (κ1) is 16.7. The van der Waals surface area contributed by atoms with Crippen LogP contribution in [-0.4, -0.2) is 42.7 Å². The normalized spacial score (nSPS) is 20.5. The van der Waals surface area contributed by atoms with Crippen molar-refractivity contribution < 1.29 is 9.53 Å². The van der Waals surface area contributed by atoms with Crippen LogP contribution in [0.5, 0.6) is 0 Å². The van der Waals surface area contributed by atoms with Crippen LogP contribution in [0.3, 0.4) is 0 Å². The first-order valence-electron chi connectivity index (χ1n) is 8.61. The minimum atomic E-state index is 0.0111.